The first-order valence-electron chi connectivity index (χ1n) is 6.24. The quantitative estimate of drug-likeness (QED) is 0.432. The van der Waals surface area contributed by atoms with Gasteiger partial charge in [-0.1, -0.05) is 0 Å². The Morgan fingerprint density at radius 2 is 1.65 bits per heavy atom. The second kappa shape index (κ2) is 4.86. The largest absolute Gasteiger partial charge is 0.316 e. The molecule has 0 bridgehead atoms. The topological polar surface area (TPSA) is 163 Å². The highest BCUT2D eigenvalue weighted by atomic mass is 32.2. The van der Waals surface area contributed by atoms with E-state index >= 15 is 0 Å². The molecule has 11 heteroatoms. The van der Waals surface area contributed by atoms with Crippen LogP contribution in [0.3, 0.4) is 0 Å². The van der Waals surface area contributed by atoms with Gasteiger partial charge in [0.05, 0.1) is 34.7 Å². The van der Waals surface area contributed by atoms with E-state index in [1.165, 1.54) is 6.07 Å². The molecule has 2 N–H and O–H groups in total. The molecule has 0 radical (unpaired) electrons. The summed E-state index contributed by atoms with van der Waals surface area (Å²) in [5.41, 5.74) is -0.673. The van der Waals surface area contributed by atoms with Crippen LogP contribution in [0.1, 0.15) is 11.4 Å². The van der Waals surface area contributed by atoms with E-state index in [0.29, 0.717) is 0 Å². The van der Waals surface area contributed by atoms with Crippen molar-refractivity contribution in [3.8, 4) is 0 Å². The maximum absolute atomic E-state index is 11.5. The van der Waals surface area contributed by atoms with Gasteiger partial charge in [-0.2, -0.15) is 0 Å². The Hall–Kier alpha value is -2.79. The molecule has 0 fully saturated rings. The lowest BCUT2D eigenvalue weighted by atomic mass is 9.97. The van der Waals surface area contributed by atoms with E-state index in [9.17, 15) is 28.1 Å². The molecule has 1 aromatic heterocycles. The first-order chi connectivity index (χ1) is 10.7. The van der Waals surface area contributed by atoms with E-state index in [2.05, 4.69) is 9.97 Å². The maximum Gasteiger partial charge on any atom is 0.316 e. The van der Waals surface area contributed by atoms with Gasteiger partial charge in [-0.3, -0.25) is 19.7 Å². The van der Waals surface area contributed by atoms with E-state index in [0.717, 1.165) is 6.07 Å². The normalized spacial score (nSPS) is 14.8. The number of primary sulfonamides is 1. The van der Waals surface area contributed by atoms with Gasteiger partial charge in [0.25, 0.3) is 0 Å². The Balaban J connectivity index is 2.38. The highest BCUT2D eigenvalue weighted by Gasteiger charge is 2.31. The number of hydrogen-bond donors (Lipinski definition) is 1. The van der Waals surface area contributed by atoms with Crippen molar-refractivity contribution in [1.82, 2.24) is 9.97 Å². The molecule has 10 nitrogen and oxygen atoms in total. The molecule has 23 heavy (non-hydrogen) atoms. The van der Waals surface area contributed by atoms with Crippen LogP contribution < -0.4 is 5.14 Å². The minimum absolute atomic E-state index is 0.0463. The van der Waals surface area contributed by atoms with Crippen LogP contribution >= 0.6 is 0 Å². The van der Waals surface area contributed by atoms with Gasteiger partial charge < -0.3 is 0 Å². The molecule has 0 atom stereocenters. The number of sulfonamides is 1. The molecule has 1 aromatic carbocycles. The number of aromatic nitrogens is 2. The fraction of sp³-hybridized carbons (Fsp3) is 0.167. The number of nitrogens with zero attached hydrogens (tertiary/aromatic N) is 3. The molecule has 1 aliphatic carbocycles. The average Bonchev–Trinajstić information content (AvgIpc) is 2.44. The Morgan fingerprint density at radius 3 is 2.17 bits per heavy atom. The van der Waals surface area contributed by atoms with Crippen molar-refractivity contribution < 1.29 is 22.9 Å². The van der Waals surface area contributed by atoms with Gasteiger partial charge in [-0.15, -0.1) is 0 Å². The van der Waals surface area contributed by atoms with Crippen LogP contribution in [-0.4, -0.2) is 34.9 Å². The van der Waals surface area contributed by atoms with Gasteiger partial charge in [0.15, 0.2) is 10.4 Å². The summed E-state index contributed by atoms with van der Waals surface area (Å²) in [4.78, 5) is 40.6. The third-order valence-electron chi connectivity index (χ3n) is 3.38. The highest BCUT2D eigenvalue weighted by molar-refractivity contribution is 7.89. The molecule has 0 saturated heterocycles. The van der Waals surface area contributed by atoms with E-state index in [-0.39, 0.29) is 35.3 Å². The van der Waals surface area contributed by atoms with Crippen molar-refractivity contribution >= 4 is 38.3 Å². The summed E-state index contributed by atoms with van der Waals surface area (Å²) in [6.07, 6.45) is -0.560. The number of rotatable bonds is 2. The van der Waals surface area contributed by atoms with Crippen molar-refractivity contribution in [2.24, 2.45) is 5.14 Å². The molecule has 0 aliphatic heterocycles. The lowest BCUT2D eigenvalue weighted by molar-refractivity contribution is -0.386. The number of hydrogen-bond acceptors (Lipinski definition) is 8. The summed E-state index contributed by atoms with van der Waals surface area (Å²) in [5.74, 6) is -1.28. The zero-order valence-corrected chi connectivity index (χ0v) is 12.2. The molecule has 2 aromatic rings. The Bertz CT molecular complexity index is 1010. The highest BCUT2D eigenvalue weighted by Crippen LogP contribution is 2.31. The Labute approximate surface area is 128 Å². The predicted molar refractivity (Wildman–Crippen MR) is 75.0 cm³/mol. The van der Waals surface area contributed by atoms with Gasteiger partial charge in [-0.25, -0.2) is 23.5 Å². The Kier molecular flexibility index (Phi) is 3.19. The SMILES string of the molecule is NS(=O)(=O)c1ccc2nc3c(nc2c1[N+](=O)[O-])CC(=O)C(=O)C3. The van der Waals surface area contributed by atoms with Crippen LogP contribution in [0.4, 0.5) is 5.69 Å². The van der Waals surface area contributed by atoms with Gasteiger partial charge in [0.1, 0.15) is 0 Å². The van der Waals surface area contributed by atoms with Crippen molar-refractivity contribution in [2.45, 2.75) is 17.7 Å². The van der Waals surface area contributed by atoms with Crippen LogP contribution in [0.15, 0.2) is 17.0 Å². The van der Waals surface area contributed by atoms with Crippen LogP contribution in [0, 0.1) is 10.1 Å². The monoisotopic (exact) mass is 336 g/mol. The molecule has 1 heterocycles. The number of nitro benzene ring substituents is 1. The number of nitrogens with two attached hydrogens (primary N) is 1. The van der Waals surface area contributed by atoms with Crippen molar-refractivity contribution in [2.75, 3.05) is 0 Å². The van der Waals surface area contributed by atoms with Crippen molar-refractivity contribution in [3.05, 3.63) is 33.6 Å². The van der Waals surface area contributed by atoms with E-state index in [1.807, 2.05) is 0 Å². The number of carbonyl (C=O) groups excluding carboxylic acids is 2. The van der Waals surface area contributed by atoms with Crippen LogP contribution in [0.25, 0.3) is 11.0 Å². The summed E-state index contributed by atoms with van der Waals surface area (Å²) >= 11 is 0. The number of benzene rings is 1. The number of Topliss-reactive ketones (excluding diaryl/α,β-unsaturated/α-hetero) is 2. The molecule has 1 aliphatic rings. The second-order valence-corrected chi connectivity index (χ2v) is 6.43. The molecule has 118 valence electrons. The summed E-state index contributed by atoms with van der Waals surface area (Å²) in [7, 11) is -4.34. The summed E-state index contributed by atoms with van der Waals surface area (Å²) in [6.45, 7) is 0. The first kappa shape index (κ1) is 15.1. The second-order valence-electron chi connectivity index (χ2n) is 4.90. The van der Waals surface area contributed by atoms with Gasteiger partial charge in [-0.05, 0) is 12.1 Å². The van der Waals surface area contributed by atoms with E-state index < -0.39 is 37.1 Å². The maximum atomic E-state index is 11.5. The molecular weight excluding hydrogens is 328 g/mol. The van der Waals surface area contributed by atoms with Gasteiger partial charge in [0.2, 0.25) is 21.6 Å². The zero-order valence-electron chi connectivity index (χ0n) is 11.3. The number of ketones is 2. The summed E-state index contributed by atoms with van der Waals surface area (Å²) in [6, 6.07) is 2.18. The summed E-state index contributed by atoms with van der Waals surface area (Å²) in [5, 5.41) is 16.2. The number of carbonyl (C=O) groups is 2. The smallest absolute Gasteiger partial charge is 0.290 e. The third-order valence-corrected chi connectivity index (χ3v) is 4.33. The fourth-order valence-electron chi connectivity index (χ4n) is 2.35. The lowest BCUT2D eigenvalue weighted by Crippen LogP contribution is -2.27. The minimum Gasteiger partial charge on any atom is -0.290 e. The number of nitro groups is 1. The van der Waals surface area contributed by atoms with Crippen LogP contribution in [0.2, 0.25) is 0 Å². The molecule has 0 saturated carbocycles. The van der Waals surface area contributed by atoms with Crippen molar-refractivity contribution in [1.29, 1.82) is 0 Å². The first-order valence-corrected chi connectivity index (χ1v) is 7.79. The average molecular weight is 336 g/mol. The zero-order chi connectivity index (χ0) is 16.9. The molecule has 0 spiro atoms. The molecular formula is C12H8N4O6S. The van der Waals surface area contributed by atoms with Crippen LogP contribution in [-0.2, 0) is 32.5 Å². The Morgan fingerprint density at radius 1 is 1.09 bits per heavy atom. The minimum atomic E-state index is -4.34. The third kappa shape index (κ3) is 2.45. The number of fused-ring (bicyclic) bond motifs is 2. The van der Waals surface area contributed by atoms with Crippen LogP contribution in [0.5, 0.6) is 0 Å². The summed E-state index contributed by atoms with van der Waals surface area (Å²) < 4.78 is 23.0. The predicted octanol–water partition coefficient (Wildman–Crippen LogP) is -0.578. The van der Waals surface area contributed by atoms with Crippen molar-refractivity contribution in [3.63, 3.8) is 0 Å². The van der Waals surface area contributed by atoms with E-state index in [4.69, 9.17) is 5.14 Å². The lowest BCUT2D eigenvalue weighted by Gasteiger charge is -2.13. The molecule has 0 unspecified atom stereocenters. The molecule has 3 rings (SSSR count). The van der Waals surface area contributed by atoms with Gasteiger partial charge >= 0.3 is 5.69 Å². The molecule has 0 amide bonds. The fourth-order valence-corrected chi connectivity index (χ4v) is 3.05. The standard InChI is InChI=1S/C12H8N4O6S/c13-23(21,22)10-2-1-5-11(12(10)16(19)20)15-7-4-9(18)8(17)3-6(7)14-5/h1-2H,3-4H2,(H2,13,21,22). The van der Waals surface area contributed by atoms with E-state index in [1.54, 1.807) is 0 Å². The van der Waals surface area contributed by atoms with Gasteiger partial charge in [0, 0.05) is 0 Å².